The van der Waals surface area contributed by atoms with Crippen molar-refractivity contribution in [2.75, 3.05) is 11.5 Å². The summed E-state index contributed by atoms with van der Waals surface area (Å²) in [5, 5.41) is 10.00. The predicted octanol–water partition coefficient (Wildman–Crippen LogP) is 2.21. The fourth-order valence-corrected chi connectivity index (χ4v) is 4.46. The molecule has 6 heteroatoms. The van der Waals surface area contributed by atoms with E-state index in [1.165, 1.54) is 12.1 Å². The average Bonchev–Trinajstić information content (AvgIpc) is 2.63. The Hall–Kier alpha value is -0.650. The van der Waals surface area contributed by atoms with Crippen molar-refractivity contribution in [3.63, 3.8) is 0 Å². The fraction of sp³-hybridized carbons (Fsp3) is 0.538. The lowest BCUT2D eigenvalue weighted by molar-refractivity contribution is 0.147. The summed E-state index contributed by atoms with van der Waals surface area (Å²) in [6.07, 6.45) is 0.696. The second-order valence-electron chi connectivity index (χ2n) is 5.11. The minimum atomic E-state index is -2.91. The third kappa shape index (κ3) is 4.16. The number of sulfone groups is 1. The third-order valence-corrected chi connectivity index (χ3v) is 5.53. The van der Waals surface area contributed by atoms with Crippen LogP contribution in [-0.2, 0) is 16.3 Å². The predicted molar refractivity (Wildman–Crippen MR) is 72.5 cm³/mol. The second-order valence-corrected chi connectivity index (χ2v) is 7.75. The van der Waals surface area contributed by atoms with E-state index >= 15 is 0 Å². The zero-order chi connectivity index (χ0) is 14.0. The molecular formula is C13H16ClFO3S. The van der Waals surface area contributed by atoms with Crippen LogP contribution < -0.4 is 0 Å². The minimum Gasteiger partial charge on any atom is -0.393 e. The third-order valence-electron chi connectivity index (χ3n) is 3.39. The maximum absolute atomic E-state index is 13.2. The van der Waals surface area contributed by atoms with Crippen molar-refractivity contribution in [1.82, 2.24) is 0 Å². The Morgan fingerprint density at radius 2 is 2.21 bits per heavy atom. The highest BCUT2D eigenvalue weighted by Crippen LogP contribution is 2.24. The standard InChI is InChI=1S/C13H16ClFO3S/c14-12-2-1-9(7-13(12)15)5-11(16)6-10-3-4-19(17,18)8-10/h1-2,7,10-11,16H,3-6,8H2. The highest BCUT2D eigenvalue weighted by atomic mass is 35.5. The SMILES string of the molecule is O=S1(=O)CCC(CC(O)Cc2ccc(Cl)c(F)c2)C1. The van der Waals surface area contributed by atoms with Crippen molar-refractivity contribution < 1.29 is 17.9 Å². The Labute approximate surface area is 117 Å². The van der Waals surface area contributed by atoms with E-state index in [4.69, 9.17) is 11.6 Å². The molecule has 1 aliphatic heterocycles. The van der Waals surface area contributed by atoms with Crippen LogP contribution >= 0.6 is 11.6 Å². The second kappa shape index (κ2) is 5.77. The Kier molecular flexibility index (Phi) is 4.48. The lowest BCUT2D eigenvalue weighted by Crippen LogP contribution is -2.17. The van der Waals surface area contributed by atoms with E-state index in [2.05, 4.69) is 0 Å². The van der Waals surface area contributed by atoms with Crippen molar-refractivity contribution in [2.24, 2.45) is 5.92 Å². The van der Waals surface area contributed by atoms with E-state index in [1.54, 1.807) is 6.07 Å². The van der Waals surface area contributed by atoms with Gasteiger partial charge >= 0.3 is 0 Å². The topological polar surface area (TPSA) is 54.4 Å². The summed E-state index contributed by atoms with van der Waals surface area (Å²) in [7, 11) is -2.91. The van der Waals surface area contributed by atoms with Crippen LogP contribution in [0.4, 0.5) is 4.39 Å². The van der Waals surface area contributed by atoms with Gasteiger partial charge in [-0.3, -0.25) is 0 Å². The van der Waals surface area contributed by atoms with Gasteiger partial charge in [-0.05, 0) is 42.9 Å². The molecule has 106 valence electrons. The fourth-order valence-electron chi connectivity index (χ4n) is 2.46. The molecule has 0 aliphatic carbocycles. The molecule has 1 aromatic rings. The number of aliphatic hydroxyl groups is 1. The maximum atomic E-state index is 13.2. The van der Waals surface area contributed by atoms with Gasteiger partial charge in [-0.1, -0.05) is 17.7 Å². The van der Waals surface area contributed by atoms with Gasteiger partial charge in [0, 0.05) is 0 Å². The number of halogens is 2. The first kappa shape index (κ1) is 14.8. The summed E-state index contributed by atoms with van der Waals surface area (Å²) >= 11 is 5.58. The van der Waals surface area contributed by atoms with Crippen molar-refractivity contribution in [3.8, 4) is 0 Å². The van der Waals surface area contributed by atoms with Crippen molar-refractivity contribution in [1.29, 1.82) is 0 Å². The Balaban J connectivity index is 1.91. The minimum absolute atomic E-state index is 0.0112. The summed E-state index contributed by atoms with van der Waals surface area (Å²) in [6.45, 7) is 0. The quantitative estimate of drug-likeness (QED) is 0.928. The normalized spacial score (nSPS) is 23.4. The van der Waals surface area contributed by atoms with Crippen LogP contribution in [0, 0.1) is 11.7 Å². The van der Waals surface area contributed by atoms with E-state index in [9.17, 15) is 17.9 Å². The van der Waals surface area contributed by atoms with E-state index < -0.39 is 21.8 Å². The van der Waals surface area contributed by atoms with Gasteiger partial charge in [0.1, 0.15) is 5.82 Å². The smallest absolute Gasteiger partial charge is 0.150 e. The van der Waals surface area contributed by atoms with E-state index in [0.29, 0.717) is 24.8 Å². The van der Waals surface area contributed by atoms with E-state index in [-0.39, 0.29) is 22.4 Å². The molecule has 2 atom stereocenters. The molecule has 0 amide bonds. The molecule has 1 heterocycles. The number of aliphatic hydroxyl groups excluding tert-OH is 1. The molecule has 2 unspecified atom stereocenters. The van der Waals surface area contributed by atoms with Gasteiger partial charge < -0.3 is 5.11 Å². The summed E-state index contributed by atoms with van der Waals surface area (Å²) in [5.41, 5.74) is 0.662. The molecule has 0 saturated carbocycles. The number of hydrogen-bond acceptors (Lipinski definition) is 3. The van der Waals surface area contributed by atoms with E-state index in [0.717, 1.165) is 0 Å². The zero-order valence-corrected chi connectivity index (χ0v) is 11.9. The van der Waals surface area contributed by atoms with Crippen LogP contribution in [0.3, 0.4) is 0 Å². The van der Waals surface area contributed by atoms with Crippen molar-refractivity contribution in [2.45, 2.75) is 25.4 Å². The molecule has 0 bridgehead atoms. The largest absolute Gasteiger partial charge is 0.393 e. The van der Waals surface area contributed by atoms with Gasteiger partial charge in [0.05, 0.1) is 22.6 Å². The van der Waals surface area contributed by atoms with Gasteiger partial charge in [0.15, 0.2) is 9.84 Å². The Bertz CT molecular complexity index is 559. The molecule has 19 heavy (non-hydrogen) atoms. The Morgan fingerprint density at radius 3 is 2.79 bits per heavy atom. The monoisotopic (exact) mass is 306 g/mol. The average molecular weight is 307 g/mol. The van der Waals surface area contributed by atoms with Crippen LogP contribution in [0.1, 0.15) is 18.4 Å². The molecule has 3 nitrogen and oxygen atoms in total. The molecule has 1 saturated heterocycles. The van der Waals surface area contributed by atoms with Crippen LogP contribution in [-0.4, -0.2) is 31.1 Å². The van der Waals surface area contributed by atoms with Crippen LogP contribution in [0.15, 0.2) is 18.2 Å². The van der Waals surface area contributed by atoms with Gasteiger partial charge in [-0.15, -0.1) is 0 Å². The Morgan fingerprint density at radius 1 is 1.47 bits per heavy atom. The first-order valence-electron chi connectivity index (χ1n) is 6.18. The first-order chi connectivity index (χ1) is 8.85. The number of rotatable bonds is 4. The molecular weight excluding hydrogens is 291 g/mol. The molecule has 1 N–H and O–H groups in total. The van der Waals surface area contributed by atoms with Crippen LogP contribution in [0.25, 0.3) is 0 Å². The van der Waals surface area contributed by atoms with Crippen molar-refractivity contribution in [3.05, 3.63) is 34.6 Å². The van der Waals surface area contributed by atoms with Crippen LogP contribution in [0.5, 0.6) is 0 Å². The highest BCUT2D eigenvalue weighted by molar-refractivity contribution is 7.91. The number of hydrogen-bond donors (Lipinski definition) is 1. The van der Waals surface area contributed by atoms with Gasteiger partial charge in [0.25, 0.3) is 0 Å². The summed E-state index contributed by atoms with van der Waals surface area (Å²) in [6, 6.07) is 4.43. The number of benzene rings is 1. The summed E-state index contributed by atoms with van der Waals surface area (Å²) < 4.78 is 35.9. The van der Waals surface area contributed by atoms with Crippen LogP contribution in [0.2, 0.25) is 5.02 Å². The zero-order valence-electron chi connectivity index (χ0n) is 10.4. The summed E-state index contributed by atoms with van der Waals surface area (Å²) in [4.78, 5) is 0. The molecule has 0 spiro atoms. The lowest BCUT2D eigenvalue weighted by Gasteiger charge is -2.14. The summed E-state index contributed by atoms with van der Waals surface area (Å²) in [5.74, 6) is -0.133. The van der Waals surface area contributed by atoms with Gasteiger partial charge in [-0.25, -0.2) is 12.8 Å². The van der Waals surface area contributed by atoms with E-state index in [1.807, 2.05) is 0 Å². The molecule has 0 aromatic heterocycles. The van der Waals surface area contributed by atoms with Gasteiger partial charge in [-0.2, -0.15) is 0 Å². The first-order valence-corrected chi connectivity index (χ1v) is 8.38. The molecule has 2 rings (SSSR count). The van der Waals surface area contributed by atoms with Gasteiger partial charge in [0.2, 0.25) is 0 Å². The molecule has 1 aliphatic rings. The molecule has 1 fully saturated rings. The highest BCUT2D eigenvalue weighted by Gasteiger charge is 2.29. The van der Waals surface area contributed by atoms with Crippen molar-refractivity contribution >= 4 is 21.4 Å². The molecule has 0 radical (unpaired) electrons. The lowest BCUT2D eigenvalue weighted by atomic mass is 9.97. The maximum Gasteiger partial charge on any atom is 0.150 e. The molecule has 1 aromatic carbocycles.